The summed E-state index contributed by atoms with van der Waals surface area (Å²) in [4.78, 5) is 11.5. The van der Waals surface area contributed by atoms with Crippen molar-refractivity contribution < 1.29 is 18.3 Å². The molecule has 1 atom stereocenters. The highest BCUT2D eigenvalue weighted by molar-refractivity contribution is 7.79. The fraction of sp³-hybridized carbons (Fsp3) is 0.364. The lowest BCUT2D eigenvalue weighted by molar-refractivity contribution is -0.134. The van der Waals surface area contributed by atoms with Crippen molar-refractivity contribution in [2.24, 2.45) is 0 Å². The van der Waals surface area contributed by atoms with Gasteiger partial charge in [0.1, 0.15) is 5.75 Å². The minimum Gasteiger partial charge on any atom is -0.426 e. The first-order valence-corrected chi connectivity index (χ1v) is 6.15. The molecule has 1 N–H and O–H groups in total. The Kier molecular flexibility index (Phi) is 5.14. The summed E-state index contributed by atoms with van der Waals surface area (Å²) >= 11 is -2.05. The second kappa shape index (κ2) is 6.40. The standard InChI is InChI=1S/C11H14O4S/c1-2-3-7-11(12)15-9-5-4-6-10(8-9)16(13)14/h4-6,8H,2-3,7H2,1H3,(H,13,14). The van der Waals surface area contributed by atoms with E-state index in [0.717, 1.165) is 12.8 Å². The highest BCUT2D eigenvalue weighted by Crippen LogP contribution is 2.16. The van der Waals surface area contributed by atoms with Crippen molar-refractivity contribution in [3.05, 3.63) is 24.3 Å². The van der Waals surface area contributed by atoms with Gasteiger partial charge in [-0.1, -0.05) is 19.4 Å². The van der Waals surface area contributed by atoms with Crippen molar-refractivity contribution in [1.82, 2.24) is 0 Å². The normalized spacial score (nSPS) is 12.1. The average molecular weight is 242 g/mol. The van der Waals surface area contributed by atoms with Crippen molar-refractivity contribution in [3.63, 3.8) is 0 Å². The van der Waals surface area contributed by atoms with E-state index >= 15 is 0 Å². The van der Waals surface area contributed by atoms with Crippen LogP contribution in [0.1, 0.15) is 26.2 Å². The van der Waals surface area contributed by atoms with Crippen LogP contribution >= 0.6 is 0 Å². The number of esters is 1. The largest absolute Gasteiger partial charge is 0.426 e. The summed E-state index contributed by atoms with van der Waals surface area (Å²) in [7, 11) is 0. The van der Waals surface area contributed by atoms with Crippen LogP contribution in [0.3, 0.4) is 0 Å². The number of carbonyl (C=O) groups is 1. The van der Waals surface area contributed by atoms with Crippen LogP contribution in [0.2, 0.25) is 0 Å². The van der Waals surface area contributed by atoms with Gasteiger partial charge in [-0.2, -0.15) is 0 Å². The molecule has 1 rings (SSSR count). The Balaban J connectivity index is 2.63. The van der Waals surface area contributed by atoms with Gasteiger partial charge in [0.05, 0.1) is 4.90 Å². The summed E-state index contributed by atoms with van der Waals surface area (Å²) in [5.74, 6) is -0.0104. The molecular formula is C11H14O4S. The summed E-state index contributed by atoms with van der Waals surface area (Å²) < 4.78 is 24.7. The van der Waals surface area contributed by atoms with Crippen LogP contribution in [-0.4, -0.2) is 14.7 Å². The highest BCUT2D eigenvalue weighted by atomic mass is 32.2. The monoisotopic (exact) mass is 242 g/mol. The van der Waals surface area contributed by atoms with Crippen LogP contribution < -0.4 is 4.74 Å². The van der Waals surface area contributed by atoms with Crippen LogP contribution in [0.5, 0.6) is 5.75 Å². The van der Waals surface area contributed by atoms with E-state index in [-0.39, 0.29) is 10.9 Å². The molecule has 1 aromatic carbocycles. The summed E-state index contributed by atoms with van der Waals surface area (Å²) in [6, 6.07) is 6.05. The van der Waals surface area contributed by atoms with Crippen molar-refractivity contribution >= 4 is 17.0 Å². The molecule has 0 saturated carbocycles. The predicted octanol–water partition coefficient (Wildman–Crippen LogP) is 2.36. The average Bonchev–Trinajstić information content (AvgIpc) is 2.26. The smallest absolute Gasteiger partial charge is 0.311 e. The maximum absolute atomic E-state index is 11.3. The third-order valence-electron chi connectivity index (χ3n) is 1.97. The van der Waals surface area contributed by atoms with Crippen molar-refractivity contribution in [3.8, 4) is 5.75 Å². The number of hydrogen-bond acceptors (Lipinski definition) is 3. The van der Waals surface area contributed by atoms with E-state index < -0.39 is 11.1 Å². The van der Waals surface area contributed by atoms with Crippen LogP contribution in [-0.2, 0) is 15.9 Å². The lowest BCUT2D eigenvalue weighted by atomic mass is 10.2. The van der Waals surface area contributed by atoms with Crippen molar-refractivity contribution in [2.45, 2.75) is 31.1 Å². The fourth-order valence-corrected chi connectivity index (χ4v) is 1.56. The minimum atomic E-state index is -2.05. The van der Waals surface area contributed by atoms with E-state index in [0.29, 0.717) is 12.2 Å². The maximum atomic E-state index is 11.3. The molecule has 0 aliphatic rings. The lowest BCUT2D eigenvalue weighted by Crippen LogP contribution is -2.07. The summed E-state index contributed by atoms with van der Waals surface area (Å²) in [6.07, 6.45) is 2.07. The molecule has 0 amide bonds. The van der Waals surface area contributed by atoms with E-state index in [9.17, 15) is 9.00 Å². The van der Waals surface area contributed by atoms with Gasteiger partial charge < -0.3 is 9.29 Å². The van der Waals surface area contributed by atoms with Gasteiger partial charge >= 0.3 is 5.97 Å². The Hall–Kier alpha value is -1.20. The molecule has 0 aromatic heterocycles. The third kappa shape index (κ3) is 4.12. The molecule has 0 bridgehead atoms. The second-order valence-corrected chi connectivity index (χ2v) is 4.27. The zero-order valence-corrected chi connectivity index (χ0v) is 9.83. The van der Waals surface area contributed by atoms with E-state index in [4.69, 9.17) is 9.29 Å². The van der Waals surface area contributed by atoms with Gasteiger partial charge in [0.25, 0.3) is 0 Å². The summed E-state index contributed by atoms with van der Waals surface area (Å²) in [5.41, 5.74) is 0. The van der Waals surface area contributed by atoms with E-state index in [1.165, 1.54) is 12.1 Å². The minimum absolute atomic E-state index is 0.223. The quantitative estimate of drug-likeness (QED) is 0.489. The topological polar surface area (TPSA) is 63.6 Å². The number of unbranched alkanes of at least 4 members (excludes halogenated alkanes) is 1. The van der Waals surface area contributed by atoms with Crippen LogP contribution in [0.25, 0.3) is 0 Å². The van der Waals surface area contributed by atoms with Gasteiger partial charge in [-0.3, -0.25) is 4.79 Å². The van der Waals surface area contributed by atoms with Crippen LogP contribution in [0, 0.1) is 0 Å². The van der Waals surface area contributed by atoms with Gasteiger partial charge in [0.2, 0.25) is 0 Å². The fourth-order valence-electron chi connectivity index (χ4n) is 1.15. The lowest BCUT2D eigenvalue weighted by Gasteiger charge is -2.04. The number of benzene rings is 1. The number of ether oxygens (including phenoxy) is 1. The Bertz CT molecular complexity index is 389. The summed E-state index contributed by atoms with van der Waals surface area (Å²) in [5, 5.41) is 0. The molecule has 0 aliphatic heterocycles. The van der Waals surface area contributed by atoms with Gasteiger partial charge in [-0.05, 0) is 24.6 Å². The predicted molar refractivity (Wildman–Crippen MR) is 60.6 cm³/mol. The van der Waals surface area contributed by atoms with E-state index in [2.05, 4.69) is 0 Å². The highest BCUT2D eigenvalue weighted by Gasteiger charge is 2.06. The summed E-state index contributed by atoms with van der Waals surface area (Å²) in [6.45, 7) is 1.99. The Morgan fingerprint density at radius 3 is 2.88 bits per heavy atom. The van der Waals surface area contributed by atoms with Gasteiger partial charge in [0, 0.05) is 6.42 Å². The zero-order chi connectivity index (χ0) is 12.0. The SMILES string of the molecule is CCCCC(=O)Oc1cccc(S(=O)O)c1. The molecular weight excluding hydrogens is 228 g/mol. The first kappa shape index (κ1) is 12.9. The molecule has 0 fully saturated rings. The van der Waals surface area contributed by atoms with Crippen molar-refractivity contribution in [1.29, 1.82) is 0 Å². The van der Waals surface area contributed by atoms with E-state index in [1.54, 1.807) is 12.1 Å². The molecule has 1 unspecified atom stereocenters. The number of rotatable bonds is 5. The van der Waals surface area contributed by atoms with Gasteiger partial charge in [-0.15, -0.1) is 0 Å². The second-order valence-electron chi connectivity index (χ2n) is 3.30. The zero-order valence-electron chi connectivity index (χ0n) is 9.01. The molecule has 0 spiro atoms. The van der Waals surface area contributed by atoms with Crippen LogP contribution in [0.4, 0.5) is 0 Å². The molecule has 0 radical (unpaired) electrons. The first-order chi connectivity index (χ1) is 7.63. The van der Waals surface area contributed by atoms with Crippen LogP contribution in [0.15, 0.2) is 29.2 Å². The molecule has 1 aromatic rings. The molecule has 88 valence electrons. The Morgan fingerprint density at radius 1 is 1.50 bits per heavy atom. The first-order valence-electron chi connectivity index (χ1n) is 5.05. The van der Waals surface area contributed by atoms with Gasteiger partial charge in [0.15, 0.2) is 11.1 Å². The Morgan fingerprint density at radius 2 is 2.25 bits per heavy atom. The molecule has 4 nitrogen and oxygen atoms in total. The molecule has 0 heterocycles. The molecule has 0 saturated heterocycles. The van der Waals surface area contributed by atoms with Crippen molar-refractivity contribution in [2.75, 3.05) is 0 Å². The maximum Gasteiger partial charge on any atom is 0.311 e. The van der Waals surface area contributed by atoms with E-state index in [1.807, 2.05) is 6.92 Å². The molecule has 5 heteroatoms. The van der Waals surface area contributed by atoms with Gasteiger partial charge in [-0.25, -0.2) is 4.21 Å². The Labute approximate surface area is 96.9 Å². The molecule has 0 aliphatic carbocycles. The molecule has 16 heavy (non-hydrogen) atoms. The number of carbonyl (C=O) groups excluding carboxylic acids is 1. The third-order valence-corrected chi connectivity index (χ3v) is 2.63. The number of hydrogen-bond donors (Lipinski definition) is 1.